The predicted octanol–water partition coefficient (Wildman–Crippen LogP) is 2.65. The molecule has 0 heterocycles. The highest BCUT2D eigenvalue weighted by atomic mass is 35.5. The lowest BCUT2D eigenvalue weighted by atomic mass is 10.3. The first-order valence-electron chi connectivity index (χ1n) is 4.74. The minimum absolute atomic E-state index is 0.187. The van der Waals surface area contributed by atoms with Crippen LogP contribution in [-0.4, -0.2) is 24.2 Å². The number of hydrogen-bond donors (Lipinski definition) is 0. The molecule has 0 saturated carbocycles. The van der Waals surface area contributed by atoms with Gasteiger partial charge in [0.15, 0.2) is 0 Å². The van der Waals surface area contributed by atoms with E-state index in [0.29, 0.717) is 18.7 Å². The fourth-order valence-electron chi connectivity index (χ4n) is 1.01. The smallest absolute Gasteiger partial charge is 0.304 e. The van der Waals surface area contributed by atoms with Crippen LogP contribution in [0.4, 0.5) is 0 Å². The standard InChI is InChI=1S/C11H17ClO3/c1-4-6-10(8-12)15-11(7-5-2)14-9(3)13/h4-5,10-11H,1-2,6-8H2,3H3/t10-,11?/m1/s1. The number of rotatable bonds is 8. The molecule has 0 fully saturated rings. The maximum atomic E-state index is 10.8. The quantitative estimate of drug-likeness (QED) is 0.279. The van der Waals surface area contributed by atoms with Crippen molar-refractivity contribution in [3.63, 3.8) is 0 Å². The molecule has 86 valence electrons. The van der Waals surface area contributed by atoms with Crippen LogP contribution in [0, 0.1) is 0 Å². The molecular formula is C11H17ClO3. The van der Waals surface area contributed by atoms with Gasteiger partial charge in [-0.3, -0.25) is 4.79 Å². The molecular weight excluding hydrogens is 216 g/mol. The van der Waals surface area contributed by atoms with Gasteiger partial charge in [0.25, 0.3) is 0 Å². The topological polar surface area (TPSA) is 35.5 Å². The van der Waals surface area contributed by atoms with Crippen LogP contribution in [0.2, 0.25) is 0 Å². The minimum Gasteiger partial charge on any atom is -0.436 e. The molecule has 0 aliphatic rings. The number of carbonyl (C=O) groups excluding carboxylic acids is 1. The van der Waals surface area contributed by atoms with Gasteiger partial charge in [-0.25, -0.2) is 0 Å². The third-order valence-electron chi connectivity index (χ3n) is 1.60. The van der Waals surface area contributed by atoms with Gasteiger partial charge in [0, 0.05) is 19.2 Å². The van der Waals surface area contributed by atoms with Crippen LogP contribution in [0.5, 0.6) is 0 Å². The van der Waals surface area contributed by atoms with Gasteiger partial charge in [0.2, 0.25) is 6.29 Å². The number of hydrogen-bond acceptors (Lipinski definition) is 3. The molecule has 4 heteroatoms. The third kappa shape index (κ3) is 7.17. The molecule has 1 unspecified atom stereocenters. The van der Waals surface area contributed by atoms with Crippen molar-refractivity contribution in [2.24, 2.45) is 0 Å². The van der Waals surface area contributed by atoms with Crippen molar-refractivity contribution in [1.29, 1.82) is 0 Å². The first kappa shape index (κ1) is 14.2. The Morgan fingerprint density at radius 1 is 1.40 bits per heavy atom. The summed E-state index contributed by atoms with van der Waals surface area (Å²) in [5.74, 6) is -0.0465. The van der Waals surface area contributed by atoms with E-state index in [-0.39, 0.29) is 12.1 Å². The van der Waals surface area contributed by atoms with Gasteiger partial charge in [-0.15, -0.1) is 24.8 Å². The number of alkyl halides is 1. The fourth-order valence-corrected chi connectivity index (χ4v) is 1.21. The summed E-state index contributed by atoms with van der Waals surface area (Å²) in [4.78, 5) is 10.8. The van der Waals surface area contributed by atoms with Crippen LogP contribution in [-0.2, 0) is 14.3 Å². The molecule has 3 nitrogen and oxygen atoms in total. The van der Waals surface area contributed by atoms with E-state index in [2.05, 4.69) is 13.2 Å². The Labute approximate surface area is 95.7 Å². The van der Waals surface area contributed by atoms with Crippen molar-refractivity contribution in [1.82, 2.24) is 0 Å². The zero-order valence-electron chi connectivity index (χ0n) is 8.95. The average molecular weight is 233 g/mol. The lowest BCUT2D eigenvalue weighted by Crippen LogP contribution is -2.26. The second-order valence-electron chi connectivity index (χ2n) is 3.00. The maximum Gasteiger partial charge on any atom is 0.304 e. The Morgan fingerprint density at radius 3 is 2.40 bits per heavy atom. The van der Waals surface area contributed by atoms with Gasteiger partial charge in [0.05, 0.1) is 6.10 Å². The second-order valence-corrected chi connectivity index (χ2v) is 3.31. The Kier molecular flexibility index (Phi) is 8.05. The minimum atomic E-state index is -0.608. The Bertz CT molecular complexity index is 216. The van der Waals surface area contributed by atoms with Gasteiger partial charge in [-0.1, -0.05) is 12.2 Å². The largest absolute Gasteiger partial charge is 0.436 e. The Hall–Kier alpha value is -0.800. The lowest BCUT2D eigenvalue weighted by Gasteiger charge is -2.21. The van der Waals surface area contributed by atoms with Crippen molar-refractivity contribution < 1.29 is 14.3 Å². The molecule has 0 aromatic heterocycles. The van der Waals surface area contributed by atoms with Crippen LogP contribution >= 0.6 is 11.6 Å². The molecule has 0 N–H and O–H groups in total. The van der Waals surface area contributed by atoms with Crippen molar-refractivity contribution in [2.75, 3.05) is 5.88 Å². The summed E-state index contributed by atoms with van der Waals surface area (Å²) in [6.07, 6.45) is 3.62. The van der Waals surface area contributed by atoms with Crippen LogP contribution in [0.3, 0.4) is 0 Å². The van der Waals surface area contributed by atoms with Gasteiger partial charge in [-0.2, -0.15) is 0 Å². The Balaban J connectivity index is 4.15. The van der Waals surface area contributed by atoms with E-state index in [0.717, 1.165) is 0 Å². The summed E-state index contributed by atoms with van der Waals surface area (Å²) >= 11 is 5.69. The van der Waals surface area contributed by atoms with Crippen LogP contribution < -0.4 is 0 Å². The van der Waals surface area contributed by atoms with Crippen LogP contribution in [0.25, 0.3) is 0 Å². The highest BCUT2D eigenvalue weighted by Crippen LogP contribution is 2.10. The molecule has 0 amide bonds. The van der Waals surface area contributed by atoms with E-state index >= 15 is 0 Å². The molecule has 0 aromatic rings. The normalized spacial score (nSPS) is 14.0. The van der Waals surface area contributed by atoms with Crippen molar-refractivity contribution >= 4 is 17.6 Å². The highest BCUT2D eigenvalue weighted by Gasteiger charge is 2.16. The van der Waals surface area contributed by atoms with E-state index in [1.807, 2.05) is 0 Å². The summed E-state index contributed by atoms with van der Waals surface area (Å²) in [7, 11) is 0. The summed E-state index contributed by atoms with van der Waals surface area (Å²) < 4.78 is 10.4. The first-order valence-corrected chi connectivity index (χ1v) is 5.27. The van der Waals surface area contributed by atoms with Crippen LogP contribution in [0.15, 0.2) is 25.3 Å². The van der Waals surface area contributed by atoms with E-state index in [1.54, 1.807) is 12.2 Å². The van der Waals surface area contributed by atoms with E-state index in [9.17, 15) is 4.79 Å². The molecule has 0 aliphatic carbocycles. The lowest BCUT2D eigenvalue weighted by molar-refractivity contribution is -0.184. The summed E-state index contributed by atoms with van der Waals surface area (Å²) in [6, 6.07) is 0. The zero-order chi connectivity index (χ0) is 11.7. The average Bonchev–Trinajstić information content (AvgIpc) is 2.16. The SMILES string of the molecule is C=CCC(OC(C)=O)O[C@@H](CCl)CC=C. The summed E-state index contributed by atoms with van der Waals surface area (Å²) in [5, 5.41) is 0. The Morgan fingerprint density at radius 2 is 2.00 bits per heavy atom. The molecule has 0 rings (SSSR count). The highest BCUT2D eigenvalue weighted by molar-refractivity contribution is 6.18. The van der Waals surface area contributed by atoms with Crippen molar-refractivity contribution in [3.05, 3.63) is 25.3 Å². The first-order chi connectivity index (χ1) is 7.13. The zero-order valence-corrected chi connectivity index (χ0v) is 9.70. The molecule has 0 bridgehead atoms. The molecule has 0 radical (unpaired) electrons. The van der Waals surface area contributed by atoms with Crippen molar-refractivity contribution in [2.45, 2.75) is 32.2 Å². The van der Waals surface area contributed by atoms with Gasteiger partial charge < -0.3 is 9.47 Å². The molecule has 15 heavy (non-hydrogen) atoms. The summed E-state index contributed by atoms with van der Waals surface area (Å²) in [5.41, 5.74) is 0. The second kappa shape index (κ2) is 8.50. The monoisotopic (exact) mass is 232 g/mol. The molecule has 0 saturated heterocycles. The predicted molar refractivity (Wildman–Crippen MR) is 60.8 cm³/mol. The number of esters is 1. The van der Waals surface area contributed by atoms with E-state index in [4.69, 9.17) is 21.1 Å². The molecule has 0 spiro atoms. The maximum absolute atomic E-state index is 10.8. The molecule has 0 aromatic carbocycles. The van der Waals surface area contributed by atoms with Crippen molar-refractivity contribution in [3.8, 4) is 0 Å². The van der Waals surface area contributed by atoms with Gasteiger partial charge in [0.1, 0.15) is 0 Å². The van der Waals surface area contributed by atoms with Gasteiger partial charge >= 0.3 is 5.97 Å². The van der Waals surface area contributed by atoms with E-state index < -0.39 is 6.29 Å². The van der Waals surface area contributed by atoms with E-state index in [1.165, 1.54) is 6.92 Å². The number of carbonyl (C=O) groups is 1. The molecule has 2 atom stereocenters. The van der Waals surface area contributed by atoms with Gasteiger partial charge in [-0.05, 0) is 6.42 Å². The number of ether oxygens (including phenoxy) is 2. The van der Waals surface area contributed by atoms with Crippen LogP contribution in [0.1, 0.15) is 19.8 Å². The fraction of sp³-hybridized carbons (Fsp3) is 0.545. The molecule has 0 aliphatic heterocycles. The number of halogens is 1. The summed E-state index contributed by atoms with van der Waals surface area (Å²) in [6.45, 7) is 8.49. The third-order valence-corrected chi connectivity index (χ3v) is 1.95.